The van der Waals surface area contributed by atoms with Crippen molar-refractivity contribution in [3.05, 3.63) is 0 Å². The number of rotatable bonds is 6. The van der Waals surface area contributed by atoms with Crippen molar-refractivity contribution in [3.63, 3.8) is 0 Å². The molecule has 0 aliphatic heterocycles. The van der Waals surface area contributed by atoms with Crippen LogP contribution < -0.4 is 5.32 Å². The molecule has 0 unspecified atom stereocenters. The molecule has 0 saturated carbocycles. The largest absolute Gasteiger partial charge is 0.355 e. The quantitative estimate of drug-likeness (QED) is 0.656. The van der Waals surface area contributed by atoms with Crippen LogP contribution in [0.3, 0.4) is 0 Å². The summed E-state index contributed by atoms with van der Waals surface area (Å²) in [7, 11) is -2.34. The molecule has 1 N–H and O–H groups in total. The van der Waals surface area contributed by atoms with Crippen LogP contribution in [0.2, 0.25) is 0 Å². The van der Waals surface area contributed by atoms with E-state index in [-0.39, 0.29) is 12.5 Å². The smallest absolute Gasteiger partial charge is 0.235 e. The van der Waals surface area contributed by atoms with Crippen molar-refractivity contribution in [3.8, 4) is 6.07 Å². The van der Waals surface area contributed by atoms with Gasteiger partial charge >= 0.3 is 0 Å². The Kier molecular flexibility index (Phi) is 5.89. The van der Waals surface area contributed by atoms with Crippen molar-refractivity contribution in [2.75, 3.05) is 25.9 Å². The average Bonchev–Trinajstić information content (AvgIpc) is 2.14. The highest BCUT2D eigenvalue weighted by Gasteiger charge is 2.19. The number of hydrogen-bond acceptors (Lipinski definition) is 4. The van der Waals surface area contributed by atoms with Gasteiger partial charge in [-0.1, -0.05) is 6.92 Å². The number of likely N-dealkylation sites (N-methyl/N-ethyl adjacent to an activating group) is 1. The fraction of sp³-hybridized carbons (Fsp3) is 0.750. The van der Waals surface area contributed by atoms with Crippen molar-refractivity contribution < 1.29 is 13.2 Å². The van der Waals surface area contributed by atoms with Crippen LogP contribution in [0.15, 0.2) is 0 Å². The van der Waals surface area contributed by atoms with Crippen LogP contribution in [-0.2, 0) is 14.8 Å². The van der Waals surface area contributed by atoms with E-state index < -0.39 is 15.8 Å². The first-order valence-electron chi connectivity index (χ1n) is 4.51. The van der Waals surface area contributed by atoms with E-state index in [1.165, 1.54) is 7.05 Å². The molecule has 0 aromatic rings. The second-order valence-electron chi connectivity index (χ2n) is 3.02. The molecule has 0 aromatic carbocycles. The minimum absolute atomic E-state index is 0.246. The maximum Gasteiger partial charge on any atom is 0.235 e. The summed E-state index contributed by atoms with van der Waals surface area (Å²) in [6.45, 7) is 2.17. The van der Waals surface area contributed by atoms with Gasteiger partial charge in [0.15, 0.2) is 5.75 Å². The number of nitrogens with one attached hydrogen (secondary N) is 1. The van der Waals surface area contributed by atoms with E-state index in [9.17, 15) is 13.2 Å². The number of amides is 1. The lowest BCUT2D eigenvalue weighted by Crippen LogP contribution is -2.39. The van der Waals surface area contributed by atoms with Gasteiger partial charge in [0.05, 0.1) is 12.6 Å². The molecule has 0 aliphatic carbocycles. The molecule has 0 spiro atoms. The number of carbonyl (C=O) groups is 1. The summed E-state index contributed by atoms with van der Waals surface area (Å²) >= 11 is 0. The van der Waals surface area contributed by atoms with Gasteiger partial charge in [0.2, 0.25) is 15.9 Å². The molecule has 0 atom stereocenters. The van der Waals surface area contributed by atoms with Crippen molar-refractivity contribution in [2.24, 2.45) is 0 Å². The molecular weight excluding hydrogens is 218 g/mol. The van der Waals surface area contributed by atoms with E-state index in [0.29, 0.717) is 6.54 Å². The summed E-state index contributed by atoms with van der Waals surface area (Å²) < 4.78 is 23.4. The van der Waals surface area contributed by atoms with Crippen LogP contribution in [0.25, 0.3) is 0 Å². The normalized spacial score (nSPS) is 11.1. The first-order chi connectivity index (χ1) is 6.94. The molecule has 0 saturated heterocycles. The third-order valence-electron chi connectivity index (χ3n) is 1.66. The molecule has 0 rings (SSSR count). The number of nitrogens with zero attached hydrogens (tertiary/aromatic N) is 2. The summed E-state index contributed by atoms with van der Waals surface area (Å²) in [5, 5.41) is 10.8. The van der Waals surface area contributed by atoms with Crippen LogP contribution >= 0.6 is 0 Å². The van der Waals surface area contributed by atoms with Crippen LogP contribution in [0.1, 0.15) is 13.3 Å². The minimum Gasteiger partial charge on any atom is -0.355 e. The first-order valence-corrected chi connectivity index (χ1v) is 6.12. The van der Waals surface area contributed by atoms with Gasteiger partial charge in [-0.05, 0) is 6.42 Å². The molecular formula is C8H15N3O3S. The lowest BCUT2D eigenvalue weighted by atomic mass is 10.4. The maximum absolute atomic E-state index is 11.3. The third-order valence-corrected chi connectivity index (χ3v) is 3.23. The lowest BCUT2D eigenvalue weighted by Gasteiger charge is -2.14. The highest BCUT2D eigenvalue weighted by atomic mass is 32.2. The van der Waals surface area contributed by atoms with Crippen molar-refractivity contribution >= 4 is 15.9 Å². The SMILES string of the molecule is CCCNC(=O)CN(C)S(=O)(=O)CC#N. The fourth-order valence-corrected chi connectivity index (χ4v) is 1.51. The predicted octanol–water partition coefficient (Wildman–Crippen LogP) is -0.702. The van der Waals surface area contributed by atoms with Crippen molar-refractivity contribution in [1.29, 1.82) is 5.26 Å². The molecule has 0 radical (unpaired) electrons. The monoisotopic (exact) mass is 233 g/mol. The van der Waals surface area contributed by atoms with Crippen LogP contribution in [-0.4, -0.2) is 44.5 Å². The van der Waals surface area contributed by atoms with Gasteiger partial charge in [-0.15, -0.1) is 0 Å². The minimum atomic E-state index is -3.62. The Morgan fingerprint density at radius 3 is 2.60 bits per heavy atom. The van der Waals surface area contributed by atoms with E-state index in [2.05, 4.69) is 5.32 Å². The molecule has 0 fully saturated rings. The number of sulfonamides is 1. The van der Waals surface area contributed by atoms with Crippen molar-refractivity contribution in [1.82, 2.24) is 9.62 Å². The molecule has 1 amide bonds. The van der Waals surface area contributed by atoms with Gasteiger partial charge in [-0.25, -0.2) is 8.42 Å². The van der Waals surface area contributed by atoms with Gasteiger partial charge < -0.3 is 5.32 Å². The second-order valence-corrected chi connectivity index (χ2v) is 5.10. The van der Waals surface area contributed by atoms with Crippen LogP contribution in [0, 0.1) is 11.3 Å². The van der Waals surface area contributed by atoms with Gasteiger partial charge in [0.25, 0.3) is 0 Å². The van der Waals surface area contributed by atoms with E-state index in [0.717, 1.165) is 10.7 Å². The Balaban J connectivity index is 4.20. The molecule has 86 valence electrons. The fourth-order valence-electron chi connectivity index (χ4n) is 0.813. The van der Waals surface area contributed by atoms with E-state index in [1.807, 2.05) is 6.92 Å². The Labute approximate surface area is 89.9 Å². The Morgan fingerprint density at radius 2 is 2.13 bits per heavy atom. The number of hydrogen-bond donors (Lipinski definition) is 1. The zero-order valence-corrected chi connectivity index (χ0v) is 9.67. The highest BCUT2D eigenvalue weighted by molar-refractivity contribution is 7.89. The zero-order valence-electron chi connectivity index (χ0n) is 8.86. The summed E-state index contributed by atoms with van der Waals surface area (Å²) in [5.74, 6) is -0.967. The Morgan fingerprint density at radius 1 is 1.53 bits per heavy atom. The summed E-state index contributed by atoms with van der Waals surface area (Å²) in [4.78, 5) is 11.2. The topological polar surface area (TPSA) is 90.3 Å². The van der Waals surface area contributed by atoms with Gasteiger partial charge in [0, 0.05) is 13.6 Å². The summed E-state index contributed by atoms with van der Waals surface area (Å²) in [5.41, 5.74) is 0. The molecule has 0 aliphatic rings. The Bertz CT molecular complexity index is 345. The van der Waals surface area contributed by atoms with Gasteiger partial charge in [0.1, 0.15) is 0 Å². The molecule has 0 bridgehead atoms. The zero-order chi connectivity index (χ0) is 11.9. The Hall–Kier alpha value is -1.13. The number of nitriles is 1. The third kappa shape index (κ3) is 5.34. The molecule has 0 aromatic heterocycles. The second kappa shape index (κ2) is 6.37. The average molecular weight is 233 g/mol. The van der Waals surface area contributed by atoms with Crippen molar-refractivity contribution in [2.45, 2.75) is 13.3 Å². The highest BCUT2D eigenvalue weighted by Crippen LogP contribution is 1.96. The number of carbonyl (C=O) groups excluding carboxylic acids is 1. The van der Waals surface area contributed by atoms with E-state index in [4.69, 9.17) is 5.26 Å². The maximum atomic E-state index is 11.3. The molecule has 15 heavy (non-hydrogen) atoms. The first kappa shape index (κ1) is 13.9. The van der Waals surface area contributed by atoms with E-state index in [1.54, 1.807) is 6.07 Å². The lowest BCUT2D eigenvalue weighted by molar-refractivity contribution is -0.121. The molecule has 0 heterocycles. The molecule has 6 nitrogen and oxygen atoms in total. The summed E-state index contributed by atoms with van der Waals surface area (Å²) in [6.07, 6.45) is 0.792. The van der Waals surface area contributed by atoms with Crippen LogP contribution in [0.5, 0.6) is 0 Å². The molecule has 7 heteroatoms. The van der Waals surface area contributed by atoms with Gasteiger partial charge in [-0.2, -0.15) is 9.57 Å². The summed E-state index contributed by atoms with van der Waals surface area (Å²) in [6, 6.07) is 1.54. The standard InChI is InChI=1S/C8H15N3O3S/c1-3-5-10-8(12)7-11(2)15(13,14)6-4-9/h3,5-7H2,1-2H3,(H,10,12). The van der Waals surface area contributed by atoms with E-state index >= 15 is 0 Å². The predicted molar refractivity (Wildman–Crippen MR) is 55.3 cm³/mol. The van der Waals surface area contributed by atoms with Crippen LogP contribution in [0.4, 0.5) is 0 Å². The van der Waals surface area contributed by atoms with Gasteiger partial charge in [-0.3, -0.25) is 4.79 Å².